The highest BCUT2D eigenvalue weighted by atomic mass is 16.5. The van der Waals surface area contributed by atoms with Crippen LogP contribution < -0.4 is 5.32 Å². The first kappa shape index (κ1) is 12.3. The summed E-state index contributed by atoms with van der Waals surface area (Å²) in [7, 11) is 0. The Morgan fingerprint density at radius 1 is 1.25 bits per heavy atom. The zero-order valence-electron chi connectivity index (χ0n) is 10.0. The molecular weight excluding hydrogens is 204 g/mol. The molecule has 2 saturated heterocycles. The zero-order valence-corrected chi connectivity index (χ0v) is 10.0. The summed E-state index contributed by atoms with van der Waals surface area (Å²) in [6.45, 7) is 4.79. The van der Waals surface area contributed by atoms with E-state index in [0.717, 1.165) is 12.6 Å². The second-order valence-corrected chi connectivity index (χ2v) is 4.84. The summed E-state index contributed by atoms with van der Waals surface area (Å²) in [6.07, 6.45) is 5.35. The fraction of sp³-hybridized carbons (Fsp3) is 1.00. The smallest absolute Gasteiger partial charge is 0.0698 e. The maximum absolute atomic E-state index is 8.57. The van der Waals surface area contributed by atoms with Gasteiger partial charge in [-0.2, -0.15) is 0 Å². The fourth-order valence-corrected chi connectivity index (χ4v) is 2.91. The lowest BCUT2D eigenvalue weighted by Crippen LogP contribution is -2.46. The van der Waals surface area contributed by atoms with E-state index >= 15 is 0 Å². The van der Waals surface area contributed by atoms with Crippen LogP contribution in [0.5, 0.6) is 0 Å². The van der Waals surface area contributed by atoms with Crippen molar-refractivity contribution in [1.29, 1.82) is 0 Å². The van der Waals surface area contributed by atoms with Gasteiger partial charge >= 0.3 is 0 Å². The minimum atomic E-state index is 0.125. The van der Waals surface area contributed by atoms with Crippen LogP contribution >= 0.6 is 0 Å². The average Bonchev–Trinajstić information content (AvgIpc) is 2.76. The van der Waals surface area contributed by atoms with Crippen molar-refractivity contribution >= 4 is 0 Å². The van der Waals surface area contributed by atoms with Crippen molar-refractivity contribution in [1.82, 2.24) is 10.2 Å². The van der Waals surface area contributed by atoms with E-state index in [2.05, 4.69) is 10.2 Å². The van der Waals surface area contributed by atoms with Crippen LogP contribution in [0.3, 0.4) is 0 Å². The Balaban J connectivity index is 1.56. The van der Waals surface area contributed by atoms with Crippen LogP contribution in [0.2, 0.25) is 0 Å². The van der Waals surface area contributed by atoms with Gasteiger partial charge in [-0.3, -0.25) is 0 Å². The maximum atomic E-state index is 8.57. The predicted octanol–water partition coefficient (Wildman–Crippen LogP) is 0.212. The second-order valence-electron chi connectivity index (χ2n) is 4.84. The number of rotatable bonds is 6. The summed E-state index contributed by atoms with van der Waals surface area (Å²) < 4.78 is 5.24. The molecule has 2 fully saturated rings. The van der Waals surface area contributed by atoms with Crippen LogP contribution in [0.4, 0.5) is 0 Å². The average molecular weight is 228 g/mol. The Morgan fingerprint density at radius 3 is 3.06 bits per heavy atom. The Morgan fingerprint density at radius 2 is 2.19 bits per heavy atom. The molecule has 16 heavy (non-hydrogen) atoms. The van der Waals surface area contributed by atoms with Gasteiger partial charge in [-0.1, -0.05) is 0 Å². The molecule has 2 aliphatic rings. The summed E-state index contributed by atoms with van der Waals surface area (Å²) in [5.74, 6) is 0. The van der Waals surface area contributed by atoms with Gasteiger partial charge in [-0.05, 0) is 38.8 Å². The molecule has 0 aromatic carbocycles. The van der Waals surface area contributed by atoms with Crippen LogP contribution in [-0.2, 0) is 4.74 Å². The number of nitrogens with zero attached hydrogens (tertiary/aromatic N) is 1. The van der Waals surface area contributed by atoms with Crippen LogP contribution in [-0.4, -0.2) is 61.5 Å². The molecule has 2 N–H and O–H groups in total. The summed E-state index contributed by atoms with van der Waals surface area (Å²) in [5.41, 5.74) is 0. The number of piperidine rings is 1. The molecule has 2 aliphatic heterocycles. The SMILES string of the molecule is OCCOCCNC1CCN2CCCC2C1. The quantitative estimate of drug-likeness (QED) is 0.638. The lowest BCUT2D eigenvalue weighted by molar-refractivity contribution is 0.0889. The van der Waals surface area contributed by atoms with Gasteiger partial charge in [0.1, 0.15) is 0 Å². The van der Waals surface area contributed by atoms with Crippen molar-refractivity contribution in [2.75, 3.05) is 39.5 Å². The number of aliphatic hydroxyl groups is 1. The van der Waals surface area contributed by atoms with Gasteiger partial charge in [0.05, 0.1) is 19.8 Å². The first-order chi connectivity index (χ1) is 7.90. The summed E-state index contributed by atoms with van der Waals surface area (Å²) in [5, 5.41) is 12.1. The van der Waals surface area contributed by atoms with Crippen molar-refractivity contribution in [3.05, 3.63) is 0 Å². The van der Waals surface area contributed by atoms with Crippen LogP contribution in [0.15, 0.2) is 0 Å². The van der Waals surface area contributed by atoms with Gasteiger partial charge in [0.2, 0.25) is 0 Å². The Hall–Kier alpha value is -0.160. The summed E-state index contributed by atoms with van der Waals surface area (Å²) in [6, 6.07) is 1.52. The highest BCUT2D eigenvalue weighted by molar-refractivity contribution is 4.88. The summed E-state index contributed by atoms with van der Waals surface area (Å²) >= 11 is 0. The molecule has 4 nitrogen and oxygen atoms in total. The van der Waals surface area contributed by atoms with Crippen LogP contribution in [0, 0.1) is 0 Å². The number of aliphatic hydroxyl groups excluding tert-OH is 1. The number of nitrogens with one attached hydrogen (secondary N) is 1. The third-order valence-electron chi connectivity index (χ3n) is 3.74. The van der Waals surface area contributed by atoms with Crippen LogP contribution in [0.1, 0.15) is 25.7 Å². The van der Waals surface area contributed by atoms with Gasteiger partial charge in [0.25, 0.3) is 0 Å². The van der Waals surface area contributed by atoms with E-state index < -0.39 is 0 Å². The first-order valence-electron chi connectivity index (χ1n) is 6.56. The van der Waals surface area contributed by atoms with E-state index in [1.165, 1.54) is 38.8 Å². The monoisotopic (exact) mass is 228 g/mol. The second kappa shape index (κ2) is 6.55. The third-order valence-corrected chi connectivity index (χ3v) is 3.74. The molecule has 2 rings (SSSR count). The Labute approximate surface area is 98.0 Å². The molecule has 94 valence electrons. The highest BCUT2D eigenvalue weighted by Crippen LogP contribution is 2.26. The molecule has 2 heterocycles. The molecule has 0 saturated carbocycles. The minimum Gasteiger partial charge on any atom is -0.394 e. The maximum Gasteiger partial charge on any atom is 0.0698 e. The minimum absolute atomic E-state index is 0.125. The van der Waals surface area contributed by atoms with Crippen molar-refractivity contribution in [3.63, 3.8) is 0 Å². The van der Waals surface area contributed by atoms with Gasteiger partial charge in [-0.15, -0.1) is 0 Å². The molecule has 0 aliphatic carbocycles. The number of ether oxygens (including phenoxy) is 1. The largest absolute Gasteiger partial charge is 0.394 e. The van der Waals surface area contributed by atoms with Crippen molar-refractivity contribution in [3.8, 4) is 0 Å². The van der Waals surface area contributed by atoms with E-state index in [9.17, 15) is 0 Å². The number of fused-ring (bicyclic) bond motifs is 1. The molecule has 0 radical (unpaired) electrons. The van der Waals surface area contributed by atoms with Crippen LogP contribution in [0.25, 0.3) is 0 Å². The van der Waals surface area contributed by atoms with E-state index in [1.54, 1.807) is 0 Å². The van der Waals surface area contributed by atoms with Gasteiger partial charge < -0.3 is 20.1 Å². The molecule has 0 amide bonds. The summed E-state index contributed by atoms with van der Waals surface area (Å²) in [4.78, 5) is 2.64. The number of hydrogen-bond acceptors (Lipinski definition) is 4. The normalized spacial score (nSPS) is 30.6. The van der Waals surface area contributed by atoms with Crippen molar-refractivity contribution < 1.29 is 9.84 Å². The lowest BCUT2D eigenvalue weighted by Gasteiger charge is -2.35. The van der Waals surface area contributed by atoms with E-state index in [4.69, 9.17) is 9.84 Å². The Kier molecular flexibility index (Phi) is 5.03. The molecule has 2 unspecified atom stereocenters. The third kappa shape index (κ3) is 3.42. The number of hydrogen-bond donors (Lipinski definition) is 2. The first-order valence-corrected chi connectivity index (χ1v) is 6.56. The predicted molar refractivity (Wildman–Crippen MR) is 63.5 cm³/mol. The van der Waals surface area contributed by atoms with Gasteiger partial charge in [-0.25, -0.2) is 0 Å². The van der Waals surface area contributed by atoms with Gasteiger partial charge in [0, 0.05) is 18.6 Å². The molecule has 2 atom stereocenters. The molecule has 4 heteroatoms. The fourth-order valence-electron chi connectivity index (χ4n) is 2.91. The molecule has 0 aromatic rings. The lowest BCUT2D eigenvalue weighted by atomic mass is 9.98. The van der Waals surface area contributed by atoms with E-state index in [1.807, 2.05) is 0 Å². The molecule has 0 bridgehead atoms. The standard InChI is InChI=1S/C12H24N2O2/c15-7-9-16-8-4-13-11-3-6-14-5-1-2-12(14)10-11/h11-13,15H,1-10H2. The molecule has 0 spiro atoms. The topological polar surface area (TPSA) is 44.7 Å². The Bertz CT molecular complexity index is 201. The van der Waals surface area contributed by atoms with Gasteiger partial charge in [0.15, 0.2) is 0 Å². The van der Waals surface area contributed by atoms with Crippen molar-refractivity contribution in [2.24, 2.45) is 0 Å². The molecular formula is C12H24N2O2. The molecule has 0 aromatic heterocycles. The highest BCUT2D eigenvalue weighted by Gasteiger charge is 2.31. The van der Waals surface area contributed by atoms with E-state index in [-0.39, 0.29) is 6.61 Å². The zero-order chi connectivity index (χ0) is 11.2. The van der Waals surface area contributed by atoms with E-state index in [0.29, 0.717) is 19.3 Å². The van der Waals surface area contributed by atoms with Crippen molar-refractivity contribution in [2.45, 2.75) is 37.8 Å².